The monoisotopic (exact) mass is 380 g/mol. The minimum absolute atomic E-state index is 0.126. The van der Waals surface area contributed by atoms with Crippen molar-refractivity contribution in [2.75, 3.05) is 18.9 Å². The highest BCUT2D eigenvalue weighted by Crippen LogP contribution is 2.31. The number of fused-ring (bicyclic) bond motifs is 1. The van der Waals surface area contributed by atoms with E-state index in [0.717, 1.165) is 10.0 Å². The van der Waals surface area contributed by atoms with E-state index in [4.69, 9.17) is 0 Å². The van der Waals surface area contributed by atoms with E-state index in [9.17, 15) is 8.42 Å². The van der Waals surface area contributed by atoms with Crippen LogP contribution in [0.15, 0.2) is 57.9 Å². The Kier molecular flexibility index (Phi) is 4.25. The zero-order valence-electron chi connectivity index (χ0n) is 12.2. The van der Waals surface area contributed by atoms with E-state index in [1.54, 1.807) is 19.2 Å². The largest absolute Gasteiger partial charge is 0.382 e. The molecule has 1 N–H and O–H groups in total. The van der Waals surface area contributed by atoms with Crippen molar-refractivity contribution in [2.45, 2.75) is 17.4 Å². The van der Waals surface area contributed by atoms with Gasteiger partial charge in [-0.15, -0.1) is 0 Å². The molecule has 1 aliphatic rings. The van der Waals surface area contributed by atoms with Crippen molar-refractivity contribution in [3.05, 3.63) is 58.6 Å². The number of likely N-dealkylation sites (N-methyl/N-ethyl adjacent to an activating group) is 1. The molecule has 0 spiro atoms. The molecule has 0 saturated carbocycles. The van der Waals surface area contributed by atoms with Crippen molar-refractivity contribution in [2.24, 2.45) is 0 Å². The van der Waals surface area contributed by atoms with Crippen molar-refractivity contribution in [1.29, 1.82) is 0 Å². The summed E-state index contributed by atoms with van der Waals surface area (Å²) in [5, 5.41) is 3.27. The number of halogens is 1. The highest BCUT2D eigenvalue weighted by Gasteiger charge is 2.33. The van der Waals surface area contributed by atoms with Gasteiger partial charge in [0.15, 0.2) is 0 Å². The zero-order chi connectivity index (χ0) is 15.7. The molecule has 0 saturated heterocycles. The molecule has 116 valence electrons. The van der Waals surface area contributed by atoms with Crippen molar-refractivity contribution < 1.29 is 8.42 Å². The Balaban J connectivity index is 1.96. The molecule has 1 heterocycles. The summed E-state index contributed by atoms with van der Waals surface area (Å²) in [6, 6.07) is 15.1. The van der Waals surface area contributed by atoms with Crippen LogP contribution in [-0.2, 0) is 16.4 Å². The summed E-state index contributed by atoms with van der Waals surface area (Å²) < 4.78 is 27.9. The van der Waals surface area contributed by atoms with Gasteiger partial charge in [-0.1, -0.05) is 46.3 Å². The third-order valence-corrected chi connectivity index (χ3v) is 6.40. The topological polar surface area (TPSA) is 49.4 Å². The van der Waals surface area contributed by atoms with Gasteiger partial charge in [-0.3, -0.25) is 0 Å². The Morgan fingerprint density at radius 3 is 2.68 bits per heavy atom. The Morgan fingerprint density at radius 2 is 1.95 bits per heavy atom. The maximum Gasteiger partial charge on any atom is 0.245 e. The van der Waals surface area contributed by atoms with Crippen LogP contribution >= 0.6 is 15.9 Å². The van der Waals surface area contributed by atoms with Crippen LogP contribution in [0.5, 0.6) is 0 Å². The van der Waals surface area contributed by atoms with Gasteiger partial charge in [-0.05, 0) is 30.2 Å². The Hall–Kier alpha value is -1.37. The van der Waals surface area contributed by atoms with Crippen molar-refractivity contribution in [1.82, 2.24) is 4.31 Å². The minimum atomic E-state index is -3.51. The molecule has 0 amide bonds. The van der Waals surface area contributed by atoms with E-state index in [-0.39, 0.29) is 6.04 Å². The first-order chi connectivity index (χ1) is 10.5. The Labute approximate surface area is 139 Å². The number of nitrogens with zero attached hydrogens (tertiary/aromatic N) is 1. The van der Waals surface area contributed by atoms with Gasteiger partial charge < -0.3 is 5.32 Å². The predicted molar refractivity (Wildman–Crippen MR) is 91.5 cm³/mol. The van der Waals surface area contributed by atoms with Crippen LogP contribution < -0.4 is 5.32 Å². The van der Waals surface area contributed by atoms with E-state index in [1.165, 1.54) is 4.31 Å². The highest BCUT2D eigenvalue weighted by molar-refractivity contribution is 9.10. The molecule has 0 aliphatic carbocycles. The van der Waals surface area contributed by atoms with Gasteiger partial charge in [-0.2, -0.15) is 4.31 Å². The first-order valence-corrected chi connectivity index (χ1v) is 9.27. The molecule has 0 aromatic heterocycles. The van der Waals surface area contributed by atoms with Gasteiger partial charge in [0.25, 0.3) is 0 Å². The summed E-state index contributed by atoms with van der Waals surface area (Å²) in [6.07, 6.45) is 0.679. The zero-order valence-corrected chi connectivity index (χ0v) is 14.6. The van der Waals surface area contributed by atoms with Crippen LogP contribution in [0.4, 0.5) is 5.69 Å². The quantitative estimate of drug-likeness (QED) is 0.870. The van der Waals surface area contributed by atoms with Crippen LogP contribution in [-0.4, -0.2) is 32.4 Å². The third-order valence-electron chi connectivity index (χ3n) is 3.96. The number of rotatable bonds is 2. The molecule has 3 rings (SSSR count). The molecule has 1 aliphatic heterocycles. The molecular weight excluding hydrogens is 364 g/mol. The average Bonchev–Trinajstić information content (AvgIpc) is 2.60. The number of benzene rings is 2. The first kappa shape index (κ1) is 15.5. The van der Waals surface area contributed by atoms with E-state index in [1.807, 2.05) is 36.4 Å². The molecule has 6 heteroatoms. The standard InChI is InChI=1S/C16H17BrN2O2S/c1-19-14(9-12-5-3-2-4-6-12)11-18-15-8-7-13(17)10-16(15)22(19,20)21/h2-8,10,14,18H,9,11H2,1H3. The lowest BCUT2D eigenvalue weighted by molar-refractivity contribution is 0.381. The molecule has 2 aromatic carbocycles. The van der Waals surface area contributed by atoms with E-state index >= 15 is 0 Å². The molecule has 0 fully saturated rings. The summed E-state index contributed by atoms with van der Waals surface area (Å²) in [5.74, 6) is 0. The number of anilines is 1. The fourth-order valence-corrected chi connectivity index (χ4v) is 4.71. The second-order valence-corrected chi connectivity index (χ2v) is 8.27. The molecule has 4 nitrogen and oxygen atoms in total. The van der Waals surface area contributed by atoms with Crippen molar-refractivity contribution in [3.63, 3.8) is 0 Å². The van der Waals surface area contributed by atoms with Crippen LogP contribution in [0, 0.1) is 0 Å². The second kappa shape index (κ2) is 6.02. The molecular formula is C16H17BrN2O2S. The van der Waals surface area contributed by atoms with Crippen molar-refractivity contribution in [3.8, 4) is 0 Å². The summed E-state index contributed by atoms with van der Waals surface area (Å²) in [6.45, 7) is 0.583. The Morgan fingerprint density at radius 1 is 1.23 bits per heavy atom. The summed E-state index contributed by atoms with van der Waals surface area (Å²) in [4.78, 5) is 0.319. The first-order valence-electron chi connectivity index (χ1n) is 7.04. The molecule has 0 bridgehead atoms. The molecule has 0 radical (unpaired) electrons. The van der Waals surface area contributed by atoms with E-state index in [2.05, 4.69) is 21.2 Å². The highest BCUT2D eigenvalue weighted by atomic mass is 79.9. The Bertz CT molecular complexity index is 778. The van der Waals surface area contributed by atoms with Crippen LogP contribution in [0.1, 0.15) is 5.56 Å². The lowest BCUT2D eigenvalue weighted by Gasteiger charge is -2.24. The number of nitrogens with one attached hydrogen (secondary N) is 1. The molecule has 2 aromatic rings. The van der Waals surface area contributed by atoms with Crippen molar-refractivity contribution >= 4 is 31.6 Å². The predicted octanol–water partition coefficient (Wildman–Crippen LogP) is 3.11. The van der Waals surface area contributed by atoms with Crippen LogP contribution in [0.3, 0.4) is 0 Å². The molecule has 1 unspecified atom stereocenters. The van der Waals surface area contributed by atoms with E-state index in [0.29, 0.717) is 23.5 Å². The fourth-order valence-electron chi connectivity index (χ4n) is 2.65. The third kappa shape index (κ3) is 2.91. The van der Waals surface area contributed by atoms with Gasteiger partial charge in [-0.25, -0.2) is 8.42 Å². The van der Waals surface area contributed by atoms with Crippen LogP contribution in [0.2, 0.25) is 0 Å². The summed E-state index contributed by atoms with van der Waals surface area (Å²) in [7, 11) is -1.85. The minimum Gasteiger partial charge on any atom is -0.382 e. The average molecular weight is 381 g/mol. The van der Waals surface area contributed by atoms with Gasteiger partial charge in [0, 0.05) is 24.1 Å². The normalized spacial score (nSPS) is 20.7. The number of hydrogen-bond donors (Lipinski definition) is 1. The van der Waals surface area contributed by atoms with E-state index < -0.39 is 10.0 Å². The second-order valence-electron chi connectivity index (χ2n) is 5.39. The molecule has 22 heavy (non-hydrogen) atoms. The van der Waals surface area contributed by atoms with Gasteiger partial charge in [0.2, 0.25) is 10.0 Å². The summed E-state index contributed by atoms with van der Waals surface area (Å²) >= 11 is 3.35. The summed E-state index contributed by atoms with van der Waals surface area (Å²) in [5.41, 5.74) is 1.79. The SMILES string of the molecule is CN1C(Cc2ccccc2)CNc2ccc(Br)cc2S1(=O)=O. The lowest BCUT2D eigenvalue weighted by atomic mass is 10.1. The fraction of sp³-hybridized carbons (Fsp3) is 0.250. The maximum atomic E-state index is 12.8. The van der Waals surface area contributed by atoms with Crippen LogP contribution in [0.25, 0.3) is 0 Å². The van der Waals surface area contributed by atoms with Gasteiger partial charge >= 0.3 is 0 Å². The van der Waals surface area contributed by atoms with Gasteiger partial charge in [0.05, 0.1) is 5.69 Å². The number of sulfonamides is 1. The number of hydrogen-bond acceptors (Lipinski definition) is 3. The lowest BCUT2D eigenvalue weighted by Crippen LogP contribution is -2.40. The maximum absolute atomic E-state index is 12.8. The van der Waals surface area contributed by atoms with Gasteiger partial charge in [0.1, 0.15) is 4.90 Å². The molecule has 1 atom stereocenters. The smallest absolute Gasteiger partial charge is 0.245 e.